The molecule has 3 heteroatoms. The van der Waals surface area contributed by atoms with Crippen LogP contribution < -0.4 is 5.32 Å². The van der Waals surface area contributed by atoms with Crippen molar-refractivity contribution in [3.05, 3.63) is 106 Å². The van der Waals surface area contributed by atoms with Gasteiger partial charge in [0.05, 0.1) is 0 Å². The van der Waals surface area contributed by atoms with Crippen molar-refractivity contribution in [1.82, 2.24) is 15.1 Å². The Morgan fingerprint density at radius 3 is 1.38 bits per heavy atom. The molecule has 3 aliphatic rings. The number of likely N-dealkylation sites (tertiary alicyclic amines) is 2. The average molecular weight is 652 g/mol. The normalized spacial score (nSPS) is 22.2. The molecule has 0 bridgehead atoms. The van der Waals surface area contributed by atoms with Crippen molar-refractivity contribution in [2.24, 2.45) is 0 Å². The van der Waals surface area contributed by atoms with Gasteiger partial charge in [0.1, 0.15) is 0 Å². The van der Waals surface area contributed by atoms with Crippen LogP contribution in [0.2, 0.25) is 0 Å². The highest BCUT2D eigenvalue weighted by molar-refractivity contribution is 5.29. The van der Waals surface area contributed by atoms with Crippen molar-refractivity contribution in [3.8, 4) is 0 Å². The van der Waals surface area contributed by atoms with Crippen LogP contribution in [-0.2, 0) is 0 Å². The summed E-state index contributed by atoms with van der Waals surface area (Å²) in [6, 6.07) is 27.8. The summed E-state index contributed by atoms with van der Waals surface area (Å²) in [7, 11) is 2.23. The van der Waals surface area contributed by atoms with Crippen molar-refractivity contribution in [3.63, 3.8) is 0 Å². The van der Waals surface area contributed by atoms with Crippen LogP contribution in [0.25, 0.3) is 0 Å². The van der Waals surface area contributed by atoms with E-state index in [9.17, 15) is 0 Å². The third-order valence-corrected chi connectivity index (χ3v) is 11.1. The Morgan fingerprint density at radius 2 is 0.979 bits per heavy atom. The molecule has 3 nitrogen and oxygen atoms in total. The fourth-order valence-corrected chi connectivity index (χ4v) is 7.65. The van der Waals surface area contributed by atoms with Crippen molar-refractivity contribution in [1.29, 1.82) is 0 Å². The molecule has 3 aliphatic heterocycles. The number of benzene rings is 3. The summed E-state index contributed by atoms with van der Waals surface area (Å²) in [6.07, 6.45) is 8.06. The SMILES string of the molecule is CC(C)c1ccc(C2CCCN(C)C2)cc1.CC(C)c1ccc(C2CCCNC2)cc1.CCN1CCCC(c2ccc(C(C)C)cc2)C1. The predicted molar refractivity (Wildman–Crippen MR) is 210 cm³/mol. The molecule has 0 saturated carbocycles. The molecule has 6 rings (SSSR count). The van der Waals surface area contributed by atoms with E-state index in [2.05, 4.69) is 143 Å². The molecule has 0 amide bonds. The van der Waals surface area contributed by atoms with Crippen LogP contribution in [0.3, 0.4) is 0 Å². The zero-order valence-corrected chi connectivity index (χ0v) is 32.0. The molecule has 3 atom stereocenters. The first-order valence-corrected chi connectivity index (χ1v) is 19.6. The molecule has 48 heavy (non-hydrogen) atoms. The lowest BCUT2D eigenvalue weighted by Gasteiger charge is -2.32. The van der Waals surface area contributed by atoms with E-state index >= 15 is 0 Å². The van der Waals surface area contributed by atoms with E-state index in [1.807, 2.05) is 0 Å². The Kier molecular flexibility index (Phi) is 15.7. The third kappa shape index (κ3) is 11.9. The van der Waals surface area contributed by atoms with Crippen molar-refractivity contribution in [2.45, 2.75) is 122 Å². The smallest absolute Gasteiger partial charge is 0.00502 e. The monoisotopic (exact) mass is 652 g/mol. The second kappa shape index (κ2) is 19.7. The van der Waals surface area contributed by atoms with E-state index < -0.39 is 0 Å². The predicted octanol–water partition coefficient (Wildman–Crippen LogP) is 10.9. The summed E-state index contributed by atoms with van der Waals surface area (Å²) >= 11 is 0. The second-order valence-corrected chi connectivity index (χ2v) is 15.8. The van der Waals surface area contributed by atoms with Crippen LogP contribution in [0.15, 0.2) is 72.8 Å². The molecule has 3 aromatic carbocycles. The van der Waals surface area contributed by atoms with Gasteiger partial charge in [-0.05, 0) is 141 Å². The maximum atomic E-state index is 3.47. The standard InChI is InChI=1S/C16H25N.C15H23N.C14H21N/c1-4-17-11-5-6-16(12-17)15-9-7-14(8-10-15)13(2)3;1-12(2)13-6-8-14(9-7-13)15-5-4-10-16(3)11-15;1-11(2)12-5-7-13(8-6-12)14-4-3-9-15-10-14/h7-10,13,16H,4-6,11-12H2,1-3H3;6-9,12,15H,4-5,10-11H2,1-3H3;5-8,11,14-15H,3-4,9-10H2,1-2H3. The number of piperidine rings is 3. The lowest BCUT2D eigenvalue weighted by atomic mass is 9.89. The minimum atomic E-state index is 0.641. The van der Waals surface area contributed by atoms with Gasteiger partial charge in [-0.1, -0.05) is 121 Å². The quantitative estimate of drug-likeness (QED) is 0.274. The largest absolute Gasteiger partial charge is 0.316 e. The molecule has 0 radical (unpaired) electrons. The number of nitrogens with zero attached hydrogens (tertiary/aromatic N) is 2. The van der Waals surface area contributed by atoms with Gasteiger partial charge in [0.2, 0.25) is 0 Å². The van der Waals surface area contributed by atoms with Crippen molar-refractivity contribution >= 4 is 0 Å². The van der Waals surface area contributed by atoms with Crippen LogP contribution in [0.5, 0.6) is 0 Å². The second-order valence-electron chi connectivity index (χ2n) is 15.8. The number of nitrogens with one attached hydrogen (secondary N) is 1. The van der Waals surface area contributed by atoms with E-state index in [-0.39, 0.29) is 0 Å². The molecule has 3 heterocycles. The van der Waals surface area contributed by atoms with Crippen molar-refractivity contribution < 1.29 is 0 Å². The van der Waals surface area contributed by atoms with Crippen LogP contribution >= 0.6 is 0 Å². The molecule has 3 unspecified atom stereocenters. The van der Waals surface area contributed by atoms with Crippen LogP contribution in [0.1, 0.15) is 156 Å². The fraction of sp³-hybridized carbons (Fsp3) is 0.600. The molecule has 264 valence electrons. The first-order chi connectivity index (χ1) is 23.1. The topological polar surface area (TPSA) is 18.5 Å². The van der Waals surface area contributed by atoms with Crippen molar-refractivity contribution in [2.75, 3.05) is 52.9 Å². The minimum absolute atomic E-state index is 0.641. The molecule has 0 spiro atoms. The van der Waals surface area contributed by atoms with E-state index in [1.54, 1.807) is 0 Å². The van der Waals surface area contributed by atoms with Gasteiger partial charge in [-0.25, -0.2) is 0 Å². The molecular weight excluding hydrogens is 583 g/mol. The molecule has 3 saturated heterocycles. The summed E-state index contributed by atoms with van der Waals surface area (Å²) in [4.78, 5) is 5.02. The maximum Gasteiger partial charge on any atom is 0.00502 e. The number of hydrogen-bond donors (Lipinski definition) is 1. The first kappa shape index (κ1) is 38.3. The fourth-order valence-electron chi connectivity index (χ4n) is 7.65. The molecule has 0 aliphatic carbocycles. The van der Waals surface area contributed by atoms with E-state index in [0.29, 0.717) is 17.8 Å². The number of hydrogen-bond acceptors (Lipinski definition) is 3. The van der Waals surface area contributed by atoms with E-state index in [4.69, 9.17) is 0 Å². The van der Waals surface area contributed by atoms with Gasteiger partial charge >= 0.3 is 0 Å². The average Bonchev–Trinajstić information content (AvgIpc) is 3.12. The van der Waals surface area contributed by atoms with Gasteiger partial charge < -0.3 is 15.1 Å². The van der Waals surface area contributed by atoms with Gasteiger partial charge in [-0.3, -0.25) is 0 Å². The van der Waals surface area contributed by atoms with Gasteiger partial charge in [0.25, 0.3) is 0 Å². The Labute approximate surface area is 295 Å². The number of likely N-dealkylation sites (N-methyl/N-ethyl adjacent to an activating group) is 2. The van der Waals surface area contributed by atoms with Crippen LogP contribution in [0, 0.1) is 0 Å². The molecule has 1 N–H and O–H groups in total. The Hall–Kier alpha value is -2.46. The molecule has 0 aromatic heterocycles. The zero-order chi connectivity index (χ0) is 34.5. The highest BCUT2D eigenvalue weighted by Crippen LogP contribution is 2.29. The number of rotatable bonds is 7. The van der Waals surface area contributed by atoms with E-state index in [0.717, 1.165) is 24.3 Å². The van der Waals surface area contributed by atoms with Gasteiger partial charge in [-0.2, -0.15) is 0 Å². The van der Waals surface area contributed by atoms with Crippen LogP contribution in [-0.4, -0.2) is 62.7 Å². The lowest BCUT2D eigenvalue weighted by molar-refractivity contribution is 0.218. The highest BCUT2D eigenvalue weighted by Gasteiger charge is 2.21. The summed E-state index contributed by atoms with van der Waals surface area (Å²) in [5.74, 6) is 4.17. The zero-order valence-electron chi connectivity index (χ0n) is 32.0. The Bertz CT molecular complexity index is 1290. The highest BCUT2D eigenvalue weighted by atomic mass is 15.1. The molecular formula is C45H69N3. The van der Waals surface area contributed by atoms with Crippen LogP contribution in [0.4, 0.5) is 0 Å². The Morgan fingerprint density at radius 1 is 0.562 bits per heavy atom. The summed E-state index contributed by atoms with van der Waals surface area (Å²) in [5, 5.41) is 3.47. The van der Waals surface area contributed by atoms with Gasteiger partial charge in [0.15, 0.2) is 0 Å². The van der Waals surface area contributed by atoms with Gasteiger partial charge in [-0.15, -0.1) is 0 Å². The molecule has 3 fully saturated rings. The Balaban J connectivity index is 0.000000163. The summed E-state index contributed by atoms with van der Waals surface area (Å²) in [6.45, 7) is 24.4. The first-order valence-electron chi connectivity index (χ1n) is 19.6. The summed E-state index contributed by atoms with van der Waals surface area (Å²) < 4.78 is 0. The third-order valence-electron chi connectivity index (χ3n) is 11.1. The van der Waals surface area contributed by atoms with Gasteiger partial charge in [0, 0.05) is 19.6 Å². The minimum Gasteiger partial charge on any atom is -0.316 e. The maximum absolute atomic E-state index is 3.47. The summed E-state index contributed by atoms with van der Waals surface area (Å²) in [5.41, 5.74) is 8.92. The molecule has 3 aromatic rings. The van der Waals surface area contributed by atoms with E-state index in [1.165, 1.54) is 111 Å². The lowest BCUT2D eigenvalue weighted by Crippen LogP contribution is -2.34.